The largest absolute Gasteiger partial charge is 0.349 e. The lowest BCUT2D eigenvalue weighted by atomic mass is 9.95. The van der Waals surface area contributed by atoms with Gasteiger partial charge in [-0.15, -0.1) is 11.3 Å². The Labute approximate surface area is 155 Å². The van der Waals surface area contributed by atoms with Gasteiger partial charge in [-0.2, -0.15) is 0 Å². The molecule has 0 unspecified atom stereocenters. The third-order valence-electron chi connectivity index (χ3n) is 4.98. The molecule has 6 heteroatoms. The molecule has 1 aliphatic rings. The van der Waals surface area contributed by atoms with Crippen molar-refractivity contribution in [1.29, 1.82) is 0 Å². The summed E-state index contributed by atoms with van der Waals surface area (Å²) in [6.07, 6.45) is 6.85. The highest BCUT2D eigenvalue weighted by molar-refractivity contribution is 7.15. The maximum Gasteiger partial charge on any atom is 0.271 e. The highest BCUT2D eigenvalue weighted by Gasteiger charge is 2.21. The quantitative estimate of drug-likeness (QED) is 0.766. The third-order valence-corrected chi connectivity index (χ3v) is 5.82. The number of hydrogen-bond acceptors (Lipinski definition) is 4. The number of aromatic nitrogens is 2. The normalized spacial score (nSPS) is 15.3. The summed E-state index contributed by atoms with van der Waals surface area (Å²) in [5.41, 5.74) is 2.68. The van der Waals surface area contributed by atoms with Gasteiger partial charge in [-0.05, 0) is 25.3 Å². The zero-order chi connectivity index (χ0) is 18.1. The highest BCUT2D eigenvalue weighted by atomic mass is 32.1. The molecule has 3 aromatic rings. The van der Waals surface area contributed by atoms with E-state index in [-0.39, 0.29) is 23.1 Å². The van der Waals surface area contributed by atoms with Crippen LogP contribution in [0.5, 0.6) is 0 Å². The Hall–Kier alpha value is -2.47. The van der Waals surface area contributed by atoms with E-state index in [1.54, 1.807) is 4.40 Å². The van der Waals surface area contributed by atoms with Crippen molar-refractivity contribution in [3.8, 4) is 11.3 Å². The predicted octanol–water partition coefficient (Wildman–Crippen LogP) is 3.79. The number of carbonyl (C=O) groups is 1. The Morgan fingerprint density at radius 3 is 2.65 bits per heavy atom. The first-order valence-electron chi connectivity index (χ1n) is 9.00. The molecule has 0 radical (unpaired) electrons. The van der Waals surface area contributed by atoms with Crippen molar-refractivity contribution in [2.45, 2.75) is 45.1 Å². The van der Waals surface area contributed by atoms with E-state index in [4.69, 9.17) is 0 Å². The smallest absolute Gasteiger partial charge is 0.271 e. The maximum atomic E-state index is 13.0. The molecule has 1 aliphatic carbocycles. The molecule has 1 saturated carbocycles. The molecule has 0 spiro atoms. The first-order chi connectivity index (χ1) is 12.6. The number of benzene rings is 1. The lowest BCUT2D eigenvalue weighted by Gasteiger charge is -2.22. The van der Waals surface area contributed by atoms with Gasteiger partial charge in [-0.1, -0.05) is 49.1 Å². The molecular weight excluding hydrogens is 346 g/mol. The van der Waals surface area contributed by atoms with Gasteiger partial charge in [-0.3, -0.25) is 14.0 Å². The van der Waals surface area contributed by atoms with Crippen LogP contribution in [0.4, 0.5) is 0 Å². The summed E-state index contributed by atoms with van der Waals surface area (Å²) in [4.78, 5) is 30.6. The summed E-state index contributed by atoms with van der Waals surface area (Å²) in [5.74, 6) is -0.315. The van der Waals surface area contributed by atoms with Gasteiger partial charge >= 0.3 is 0 Å². The van der Waals surface area contributed by atoms with Crippen LogP contribution in [0.1, 0.15) is 48.0 Å². The van der Waals surface area contributed by atoms with Crippen LogP contribution in [-0.2, 0) is 0 Å². The molecule has 26 heavy (non-hydrogen) atoms. The van der Waals surface area contributed by atoms with Crippen LogP contribution < -0.4 is 10.9 Å². The van der Waals surface area contributed by atoms with Crippen molar-refractivity contribution in [2.24, 2.45) is 0 Å². The molecule has 0 aliphatic heterocycles. The number of hydrogen-bond donors (Lipinski definition) is 1. The van der Waals surface area contributed by atoms with Crippen LogP contribution in [0.15, 0.2) is 40.6 Å². The Morgan fingerprint density at radius 1 is 1.19 bits per heavy atom. The molecule has 1 aromatic carbocycles. The van der Waals surface area contributed by atoms with Gasteiger partial charge in [0.1, 0.15) is 5.56 Å². The van der Waals surface area contributed by atoms with Crippen molar-refractivity contribution in [3.05, 3.63) is 57.3 Å². The monoisotopic (exact) mass is 367 g/mol. The van der Waals surface area contributed by atoms with Crippen molar-refractivity contribution < 1.29 is 4.79 Å². The van der Waals surface area contributed by atoms with Gasteiger partial charge in [0.15, 0.2) is 4.96 Å². The van der Waals surface area contributed by atoms with E-state index < -0.39 is 0 Å². The van der Waals surface area contributed by atoms with Crippen LogP contribution in [0.2, 0.25) is 0 Å². The van der Waals surface area contributed by atoms with E-state index in [1.165, 1.54) is 24.0 Å². The van der Waals surface area contributed by atoms with E-state index in [0.717, 1.165) is 42.5 Å². The lowest BCUT2D eigenvalue weighted by Crippen LogP contribution is -2.39. The SMILES string of the molecule is Cc1ccc(-c2csc3ncc(C(=O)NC4CCCCC4)c(=O)n23)cc1. The van der Waals surface area contributed by atoms with Crippen LogP contribution in [-0.4, -0.2) is 21.3 Å². The molecule has 5 nitrogen and oxygen atoms in total. The first kappa shape index (κ1) is 17.0. The van der Waals surface area contributed by atoms with E-state index in [2.05, 4.69) is 10.3 Å². The van der Waals surface area contributed by atoms with E-state index in [9.17, 15) is 9.59 Å². The molecule has 1 amide bonds. The molecule has 0 saturated heterocycles. The fourth-order valence-corrected chi connectivity index (χ4v) is 4.34. The zero-order valence-corrected chi connectivity index (χ0v) is 15.5. The second-order valence-corrected chi connectivity index (χ2v) is 7.73. The third kappa shape index (κ3) is 3.17. The predicted molar refractivity (Wildman–Crippen MR) is 104 cm³/mol. The summed E-state index contributed by atoms with van der Waals surface area (Å²) in [6, 6.07) is 8.15. The average molecular weight is 367 g/mol. The summed E-state index contributed by atoms with van der Waals surface area (Å²) in [6.45, 7) is 2.02. The number of aryl methyl sites for hydroxylation is 1. The van der Waals surface area contributed by atoms with Gasteiger partial charge in [0.05, 0.1) is 5.69 Å². The van der Waals surface area contributed by atoms with E-state index in [0.29, 0.717) is 4.96 Å². The molecule has 1 N–H and O–H groups in total. The summed E-state index contributed by atoms with van der Waals surface area (Å²) in [5, 5.41) is 4.92. The molecule has 2 heterocycles. The van der Waals surface area contributed by atoms with E-state index in [1.807, 2.05) is 36.6 Å². The van der Waals surface area contributed by atoms with Crippen molar-refractivity contribution in [3.63, 3.8) is 0 Å². The standard InChI is InChI=1S/C20H21N3O2S/c1-13-7-9-14(10-8-13)17-12-26-20-21-11-16(19(25)23(17)20)18(24)22-15-5-3-2-4-6-15/h7-12,15H,2-6H2,1H3,(H,22,24). The number of nitrogens with one attached hydrogen (secondary N) is 1. The van der Waals surface area contributed by atoms with Gasteiger partial charge in [0.25, 0.3) is 11.5 Å². The van der Waals surface area contributed by atoms with Gasteiger partial charge in [0, 0.05) is 17.6 Å². The lowest BCUT2D eigenvalue weighted by molar-refractivity contribution is 0.0925. The summed E-state index contributed by atoms with van der Waals surface area (Å²) < 4.78 is 1.55. The summed E-state index contributed by atoms with van der Waals surface area (Å²) in [7, 11) is 0. The number of nitrogens with zero attached hydrogens (tertiary/aromatic N) is 2. The van der Waals surface area contributed by atoms with Crippen LogP contribution in [0, 0.1) is 6.92 Å². The molecular formula is C20H21N3O2S. The first-order valence-corrected chi connectivity index (χ1v) is 9.88. The van der Waals surface area contributed by atoms with Crippen molar-refractivity contribution in [1.82, 2.24) is 14.7 Å². The Morgan fingerprint density at radius 2 is 1.92 bits per heavy atom. The van der Waals surface area contributed by atoms with Gasteiger partial charge < -0.3 is 5.32 Å². The Balaban J connectivity index is 1.72. The van der Waals surface area contributed by atoms with E-state index >= 15 is 0 Å². The van der Waals surface area contributed by atoms with Crippen LogP contribution in [0.3, 0.4) is 0 Å². The number of fused-ring (bicyclic) bond motifs is 1. The minimum atomic E-state index is -0.315. The minimum absolute atomic E-state index is 0.111. The average Bonchev–Trinajstić information content (AvgIpc) is 3.08. The second kappa shape index (κ2) is 7.03. The zero-order valence-electron chi connectivity index (χ0n) is 14.7. The number of thiazole rings is 1. The van der Waals surface area contributed by atoms with Crippen molar-refractivity contribution in [2.75, 3.05) is 0 Å². The van der Waals surface area contributed by atoms with Gasteiger partial charge in [-0.25, -0.2) is 4.98 Å². The molecule has 4 rings (SSSR count). The maximum absolute atomic E-state index is 13.0. The van der Waals surface area contributed by atoms with Crippen molar-refractivity contribution >= 4 is 22.2 Å². The number of carbonyl (C=O) groups excluding carboxylic acids is 1. The second-order valence-electron chi connectivity index (χ2n) is 6.89. The molecule has 0 bridgehead atoms. The van der Waals surface area contributed by atoms with Crippen LogP contribution in [0.25, 0.3) is 16.2 Å². The fraction of sp³-hybridized carbons (Fsp3) is 0.350. The van der Waals surface area contributed by atoms with Gasteiger partial charge in [0.2, 0.25) is 0 Å². The topological polar surface area (TPSA) is 63.5 Å². The molecule has 0 atom stereocenters. The summed E-state index contributed by atoms with van der Waals surface area (Å²) >= 11 is 1.40. The van der Waals surface area contributed by atoms with Crippen LogP contribution >= 0.6 is 11.3 Å². The minimum Gasteiger partial charge on any atom is -0.349 e. The molecule has 1 fully saturated rings. The fourth-order valence-electron chi connectivity index (χ4n) is 3.48. The Bertz CT molecular complexity index is 998. The Kier molecular flexibility index (Phi) is 4.59. The molecule has 2 aromatic heterocycles. The highest BCUT2D eigenvalue weighted by Crippen LogP contribution is 2.24. The number of amides is 1. The number of rotatable bonds is 3. The molecule has 134 valence electrons.